The molecule has 180 valence electrons. The molecule has 34 heavy (non-hydrogen) atoms. The standard InChI is InChI=1S/C23H22F3IN4O2S/c24-23(25,26)21-12-20(18-10-14(27)6-9-19(18)30-21)28-16-2-1-3-17(11-16)29-22(32)13-4-7-15(8-5-13)31-34-33/h4-10,12,16-17,34H,1-3,11H2,(H,28,30)(H,29,32)(H,31,33)/t16-,17+/m0/s1. The lowest BCUT2D eigenvalue weighted by atomic mass is 9.90. The molecule has 0 radical (unpaired) electrons. The second-order valence-corrected chi connectivity index (χ2v) is 9.82. The van der Waals surface area contributed by atoms with Gasteiger partial charge in [-0.2, -0.15) is 13.2 Å². The highest BCUT2D eigenvalue weighted by atomic mass is 127. The van der Waals surface area contributed by atoms with E-state index in [1.165, 1.54) is 0 Å². The van der Waals surface area contributed by atoms with Gasteiger partial charge in [-0.15, -0.1) is 0 Å². The number of amides is 1. The zero-order chi connectivity index (χ0) is 24.3. The first-order chi connectivity index (χ1) is 16.2. The monoisotopic (exact) mass is 602 g/mol. The Morgan fingerprint density at radius 3 is 2.50 bits per heavy atom. The van der Waals surface area contributed by atoms with Crippen LogP contribution in [0.25, 0.3) is 10.9 Å². The Kier molecular flexibility index (Phi) is 7.60. The lowest BCUT2D eigenvalue weighted by molar-refractivity contribution is -0.140. The third kappa shape index (κ3) is 5.98. The molecule has 1 saturated carbocycles. The first-order valence-corrected chi connectivity index (χ1v) is 12.6. The number of nitrogens with zero attached hydrogens (tertiary/aromatic N) is 1. The minimum atomic E-state index is -4.55. The van der Waals surface area contributed by atoms with Crippen molar-refractivity contribution in [1.29, 1.82) is 0 Å². The van der Waals surface area contributed by atoms with E-state index in [9.17, 15) is 22.2 Å². The van der Waals surface area contributed by atoms with Crippen molar-refractivity contribution in [2.45, 2.75) is 43.9 Å². The van der Waals surface area contributed by atoms with Crippen LogP contribution in [-0.2, 0) is 18.0 Å². The van der Waals surface area contributed by atoms with Crippen molar-refractivity contribution < 1.29 is 22.2 Å². The van der Waals surface area contributed by atoms with Crippen LogP contribution >= 0.6 is 22.6 Å². The Morgan fingerprint density at radius 1 is 1.06 bits per heavy atom. The summed E-state index contributed by atoms with van der Waals surface area (Å²) in [7, 11) is 0. The molecular weight excluding hydrogens is 580 g/mol. The predicted molar refractivity (Wildman–Crippen MR) is 136 cm³/mol. The zero-order valence-corrected chi connectivity index (χ0v) is 20.9. The minimum absolute atomic E-state index is 0.0914. The number of pyridine rings is 1. The van der Waals surface area contributed by atoms with E-state index >= 15 is 0 Å². The van der Waals surface area contributed by atoms with Crippen LogP contribution in [0.3, 0.4) is 0 Å². The molecule has 0 unspecified atom stereocenters. The van der Waals surface area contributed by atoms with Crippen LogP contribution in [0.15, 0.2) is 48.5 Å². The topological polar surface area (TPSA) is 83.1 Å². The largest absolute Gasteiger partial charge is 0.433 e. The van der Waals surface area contributed by atoms with Gasteiger partial charge in [-0.1, -0.05) is 0 Å². The molecule has 1 aliphatic carbocycles. The Hall–Kier alpha value is -2.41. The van der Waals surface area contributed by atoms with Crippen molar-refractivity contribution in [1.82, 2.24) is 10.3 Å². The number of thiol groups is 1. The minimum Gasteiger partial charge on any atom is -0.382 e. The molecule has 1 fully saturated rings. The van der Waals surface area contributed by atoms with Crippen LogP contribution in [0.2, 0.25) is 0 Å². The third-order valence-corrected chi connectivity index (χ3v) is 6.77. The summed E-state index contributed by atoms with van der Waals surface area (Å²) in [5.74, 6) is -0.222. The maximum Gasteiger partial charge on any atom is 0.433 e. The van der Waals surface area contributed by atoms with Crippen molar-refractivity contribution >= 4 is 62.6 Å². The van der Waals surface area contributed by atoms with Gasteiger partial charge in [0.2, 0.25) is 0 Å². The fourth-order valence-electron chi connectivity index (χ4n) is 4.15. The zero-order valence-electron chi connectivity index (χ0n) is 17.8. The number of rotatable bonds is 6. The molecular formula is C23H22F3IN4O2S. The van der Waals surface area contributed by atoms with E-state index in [4.69, 9.17) is 0 Å². The summed E-state index contributed by atoms with van der Waals surface area (Å²) in [5, 5.41) is 6.96. The number of carbonyl (C=O) groups excluding carboxylic acids is 1. The van der Waals surface area contributed by atoms with Gasteiger partial charge in [0.05, 0.1) is 5.52 Å². The van der Waals surface area contributed by atoms with Gasteiger partial charge in [-0.05, 0) is 96.8 Å². The second kappa shape index (κ2) is 10.5. The van der Waals surface area contributed by atoms with Crippen LogP contribution in [0, 0.1) is 3.57 Å². The van der Waals surface area contributed by atoms with Gasteiger partial charge < -0.3 is 15.4 Å². The van der Waals surface area contributed by atoms with Crippen LogP contribution < -0.4 is 15.4 Å². The molecule has 1 aromatic heterocycles. The fourth-order valence-corrected chi connectivity index (χ4v) is 4.90. The van der Waals surface area contributed by atoms with Crippen LogP contribution in [0.5, 0.6) is 0 Å². The molecule has 4 rings (SSSR count). The van der Waals surface area contributed by atoms with Crippen LogP contribution in [0.4, 0.5) is 24.5 Å². The van der Waals surface area contributed by atoms with Gasteiger partial charge in [0.1, 0.15) is 17.5 Å². The number of nitrogens with one attached hydrogen (secondary N) is 3. The summed E-state index contributed by atoms with van der Waals surface area (Å²) in [6.07, 6.45) is -1.54. The van der Waals surface area contributed by atoms with Crippen LogP contribution in [-0.4, -0.2) is 27.2 Å². The summed E-state index contributed by atoms with van der Waals surface area (Å²) in [6, 6.07) is 12.6. The first kappa shape index (κ1) is 24.7. The molecule has 3 aromatic rings. The van der Waals surface area contributed by atoms with E-state index in [1.54, 1.807) is 36.4 Å². The lowest BCUT2D eigenvalue weighted by Crippen LogP contribution is -2.41. The smallest absolute Gasteiger partial charge is 0.382 e. The molecule has 2 aromatic carbocycles. The number of hydrogen-bond donors (Lipinski definition) is 4. The average molecular weight is 602 g/mol. The summed E-state index contributed by atoms with van der Waals surface area (Å²) < 4.78 is 54.4. The summed E-state index contributed by atoms with van der Waals surface area (Å²) in [6.45, 7) is 0. The van der Waals surface area contributed by atoms with E-state index in [0.29, 0.717) is 28.7 Å². The van der Waals surface area contributed by atoms with E-state index in [-0.39, 0.29) is 35.4 Å². The summed E-state index contributed by atoms with van der Waals surface area (Å²) in [4.78, 5) is 16.5. The SMILES string of the molecule is O=[SH]Nc1ccc(C(=O)N[C@@H]2CCC[C@H](Nc3cc(C(F)(F)F)nc4ccc(I)cc34)C2)cc1. The number of fused-ring (bicyclic) bond motifs is 1. The number of halogens is 4. The molecule has 0 spiro atoms. The quantitative estimate of drug-likeness (QED) is 0.229. The van der Waals surface area contributed by atoms with E-state index < -0.39 is 11.9 Å². The Bertz CT molecular complexity index is 1210. The van der Waals surface area contributed by atoms with Crippen molar-refractivity contribution in [3.05, 3.63) is 63.4 Å². The maximum absolute atomic E-state index is 13.4. The highest BCUT2D eigenvalue weighted by Gasteiger charge is 2.34. The Balaban J connectivity index is 1.49. The van der Waals surface area contributed by atoms with Crippen molar-refractivity contribution in [3.8, 4) is 0 Å². The number of aromatic nitrogens is 1. The number of hydrogen-bond acceptors (Lipinski definition) is 4. The molecule has 1 aliphatic rings. The predicted octanol–water partition coefficient (Wildman–Crippen LogP) is 5.28. The molecule has 1 heterocycles. The number of carbonyl (C=O) groups is 1. The number of benzene rings is 2. The van der Waals surface area contributed by atoms with Gasteiger partial charge in [0, 0.05) is 38.0 Å². The number of alkyl halides is 3. The van der Waals surface area contributed by atoms with Gasteiger partial charge in [0.25, 0.3) is 5.91 Å². The molecule has 6 nitrogen and oxygen atoms in total. The molecule has 0 bridgehead atoms. The first-order valence-electron chi connectivity index (χ1n) is 10.7. The van der Waals surface area contributed by atoms with E-state index in [2.05, 4.69) is 42.9 Å². The van der Waals surface area contributed by atoms with E-state index in [1.807, 2.05) is 6.07 Å². The highest BCUT2D eigenvalue weighted by Crippen LogP contribution is 2.35. The Morgan fingerprint density at radius 2 is 1.79 bits per heavy atom. The molecule has 1 amide bonds. The number of anilines is 2. The third-order valence-electron chi connectivity index (χ3n) is 5.75. The molecule has 2 atom stereocenters. The second-order valence-electron chi connectivity index (χ2n) is 8.17. The van der Waals surface area contributed by atoms with Crippen molar-refractivity contribution in [2.24, 2.45) is 0 Å². The van der Waals surface area contributed by atoms with Crippen molar-refractivity contribution in [3.63, 3.8) is 0 Å². The van der Waals surface area contributed by atoms with E-state index in [0.717, 1.165) is 28.9 Å². The highest BCUT2D eigenvalue weighted by molar-refractivity contribution is 14.1. The van der Waals surface area contributed by atoms with Gasteiger partial charge in [-0.25, -0.2) is 9.19 Å². The molecule has 11 heteroatoms. The average Bonchev–Trinajstić information content (AvgIpc) is 2.79. The van der Waals surface area contributed by atoms with Crippen molar-refractivity contribution in [2.75, 3.05) is 10.0 Å². The molecule has 0 saturated heterocycles. The fraction of sp³-hybridized carbons (Fsp3) is 0.304. The summed E-state index contributed by atoms with van der Waals surface area (Å²) in [5.41, 5.74) is 0.862. The molecule has 3 N–H and O–H groups in total. The molecule has 0 aliphatic heterocycles. The van der Waals surface area contributed by atoms with Gasteiger partial charge in [-0.3, -0.25) is 4.79 Å². The van der Waals surface area contributed by atoms with Gasteiger partial charge >= 0.3 is 6.18 Å². The summed E-state index contributed by atoms with van der Waals surface area (Å²) >= 11 is 1.90. The Labute approximate surface area is 211 Å². The maximum atomic E-state index is 13.4. The normalized spacial score (nSPS) is 18.5. The lowest BCUT2D eigenvalue weighted by Gasteiger charge is -2.31. The van der Waals surface area contributed by atoms with Gasteiger partial charge in [0.15, 0.2) is 0 Å². The van der Waals surface area contributed by atoms with Crippen LogP contribution in [0.1, 0.15) is 41.7 Å².